The average molecular weight is 310 g/mol. The molecule has 0 saturated carbocycles. The van der Waals surface area contributed by atoms with Crippen molar-refractivity contribution in [1.29, 1.82) is 0 Å². The van der Waals surface area contributed by atoms with Crippen LogP contribution in [0.15, 0.2) is 53.2 Å². The molecule has 0 amide bonds. The van der Waals surface area contributed by atoms with Crippen LogP contribution in [0.25, 0.3) is 0 Å². The number of para-hydroxylation sites is 1. The van der Waals surface area contributed by atoms with Crippen molar-refractivity contribution in [2.24, 2.45) is 0 Å². The van der Waals surface area contributed by atoms with E-state index in [1.54, 1.807) is 6.33 Å². The molecule has 0 aliphatic carbocycles. The molecule has 1 N–H and O–H groups in total. The van der Waals surface area contributed by atoms with Gasteiger partial charge in [0.1, 0.15) is 23.7 Å². The van der Waals surface area contributed by atoms with E-state index < -0.39 is 0 Å². The summed E-state index contributed by atoms with van der Waals surface area (Å²) in [6.07, 6.45) is 3.79. The van der Waals surface area contributed by atoms with Crippen LogP contribution in [0.3, 0.4) is 0 Å². The van der Waals surface area contributed by atoms with Gasteiger partial charge in [0.25, 0.3) is 5.95 Å². The second kappa shape index (κ2) is 6.26. The predicted octanol–water partition coefficient (Wildman–Crippen LogP) is 3.29. The van der Waals surface area contributed by atoms with E-state index >= 15 is 0 Å². The number of hydrogen-bond acceptors (Lipinski definition) is 5. The largest absolute Gasteiger partial charge is 0.429 e. The van der Waals surface area contributed by atoms with Crippen LogP contribution in [0.1, 0.15) is 30.5 Å². The molecule has 0 saturated heterocycles. The monoisotopic (exact) mass is 310 g/mol. The van der Waals surface area contributed by atoms with Crippen molar-refractivity contribution in [1.82, 2.24) is 20.1 Å². The number of rotatable bonds is 5. The highest BCUT2D eigenvalue weighted by Gasteiger charge is 2.22. The lowest BCUT2D eigenvalue weighted by Gasteiger charge is -2.22. The Morgan fingerprint density at radius 2 is 2.13 bits per heavy atom. The third kappa shape index (κ3) is 3.12. The van der Waals surface area contributed by atoms with E-state index in [4.69, 9.17) is 9.15 Å². The van der Waals surface area contributed by atoms with E-state index in [9.17, 15) is 0 Å². The summed E-state index contributed by atoms with van der Waals surface area (Å²) in [5, 5.41) is 7.72. The molecule has 118 valence electrons. The van der Waals surface area contributed by atoms with Gasteiger partial charge in [0, 0.05) is 12.6 Å². The summed E-state index contributed by atoms with van der Waals surface area (Å²) in [6, 6.07) is 13.6. The van der Waals surface area contributed by atoms with Gasteiger partial charge in [-0.3, -0.25) is 0 Å². The zero-order chi connectivity index (χ0) is 15.5. The highest BCUT2D eigenvalue weighted by molar-refractivity contribution is 5.26. The molecule has 0 bridgehead atoms. The fourth-order valence-electron chi connectivity index (χ4n) is 2.82. The highest BCUT2D eigenvalue weighted by atomic mass is 16.6. The van der Waals surface area contributed by atoms with Crippen LogP contribution in [-0.4, -0.2) is 14.8 Å². The van der Waals surface area contributed by atoms with E-state index in [0.29, 0.717) is 12.5 Å². The quantitative estimate of drug-likeness (QED) is 0.783. The van der Waals surface area contributed by atoms with Gasteiger partial charge >= 0.3 is 0 Å². The molecule has 0 radical (unpaired) electrons. The van der Waals surface area contributed by atoms with Gasteiger partial charge in [-0.2, -0.15) is 5.10 Å². The number of hydrogen-bond donors (Lipinski definition) is 1. The first-order valence-corrected chi connectivity index (χ1v) is 7.81. The average Bonchev–Trinajstić information content (AvgIpc) is 3.23. The van der Waals surface area contributed by atoms with Crippen molar-refractivity contribution in [3.8, 4) is 11.7 Å². The lowest BCUT2D eigenvalue weighted by molar-refractivity contribution is 0.314. The Morgan fingerprint density at radius 1 is 1.22 bits per heavy atom. The van der Waals surface area contributed by atoms with Gasteiger partial charge in [-0.1, -0.05) is 18.2 Å². The number of aromatic nitrogens is 3. The zero-order valence-electron chi connectivity index (χ0n) is 12.7. The second-order valence-electron chi connectivity index (χ2n) is 5.55. The van der Waals surface area contributed by atoms with Crippen LogP contribution in [0.5, 0.6) is 11.7 Å². The molecule has 0 spiro atoms. The minimum absolute atomic E-state index is 0.217. The molecule has 23 heavy (non-hydrogen) atoms. The maximum atomic E-state index is 5.72. The summed E-state index contributed by atoms with van der Waals surface area (Å²) >= 11 is 0. The van der Waals surface area contributed by atoms with E-state index in [-0.39, 0.29) is 6.04 Å². The van der Waals surface area contributed by atoms with E-state index in [2.05, 4.69) is 15.4 Å². The summed E-state index contributed by atoms with van der Waals surface area (Å²) in [5.74, 6) is 3.11. The van der Waals surface area contributed by atoms with Crippen LogP contribution in [0.4, 0.5) is 0 Å². The Bertz CT molecular complexity index is 766. The molecule has 0 fully saturated rings. The summed E-state index contributed by atoms with van der Waals surface area (Å²) in [4.78, 5) is 4.35. The number of nitrogens with one attached hydrogen (secondary N) is 1. The highest BCUT2D eigenvalue weighted by Crippen LogP contribution is 2.25. The molecule has 0 unspecified atom stereocenters. The minimum Gasteiger partial charge on any atom is -0.429 e. The topological polar surface area (TPSA) is 65.1 Å². The molecule has 4 rings (SSSR count). The van der Waals surface area contributed by atoms with Crippen molar-refractivity contribution in [2.45, 2.75) is 32.0 Å². The maximum absolute atomic E-state index is 5.72. The molecule has 6 heteroatoms. The second-order valence-corrected chi connectivity index (χ2v) is 5.55. The molecule has 1 aromatic carbocycles. The SMILES string of the molecule is c1ccc(Oc2ccc(CN[C@H]3CCCn4ncnc43)o2)cc1. The van der Waals surface area contributed by atoms with Gasteiger partial charge in [0.15, 0.2) is 0 Å². The number of nitrogens with zero attached hydrogens (tertiary/aromatic N) is 3. The molecule has 6 nitrogen and oxygen atoms in total. The van der Waals surface area contributed by atoms with Crippen LogP contribution in [0.2, 0.25) is 0 Å². The van der Waals surface area contributed by atoms with Gasteiger partial charge in [-0.05, 0) is 31.0 Å². The van der Waals surface area contributed by atoms with Gasteiger partial charge in [-0.15, -0.1) is 0 Å². The number of fused-ring (bicyclic) bond motifs is 1. The fraction of sp³-hybridized carbons (Fsp3) is 0.294. The van der Waals surface area contributed by atoms with E-state index in [0.717, 1.165) is 36.7 Å². The molecule has 1 aliphatic heterocycles. The van der Waals surface area contributed by atoms with Gasteiger partial charge in [0.2, 0.25) is 0 Å². The molecule has 2 aromatic heterocycles. The number of ether oxygens (including phenoxy) is 1. The third-order valence-corrected chi connectivity index (χ3v) is 3.94. The molecule has 1 atom stereocenters. The Morgan fingerprint density at radius 3 is 3.04 bits per heavy atom. The molecular weight excluding hydrogens is 292 g/mol. The molecular formula is C17H18N4O2. The normalized spacial score (nSPS) is 17.0. The number of benzene rings is 1. The standard InChI is InChI=1S/C17H18N4O2/c1-2-5-13(6-3-1)22-16-9-8-14(23-16)11-18-15-7-4-10-21-17(15)19-12-20-21/h1-3,5-6,8-9,12,15,18H,4,7,10-11H2/t15-/m0/s1. The Hall–Kier alpha value is -2.60. The first kappa shape index (κ1) is 14.0. The molecule has 3 heterocycles. The van der Waals surface area contributed by atoms with Crippen molar-refractivity contribution in [3.05, 3.63) is 60.4 Å². The first-order chi connectivity index (χ1) is 11.4. The Kier molecular flexibility index (Phi) is 3.81. The smallest absolute Gasteiger partial charge is 0.290 e. The van der Waals surface area contributed by atoms with Gasteiger partial charge in [-0.25, -0.2) is 9.67 Å². The van der Waals surface area contributed by atoms with Crippen molar-refractivity contribution >= 4 is 0 Å². The van der Waals surface area contributed by atoms with E-state index in [1.807, 2.05) is 47.1 Å². The number of furan rings is 1. The van der Waals surface area contributed by atoms with Crippen LogP contribution in [-0.2, 0) is 13.1 Å². The van der Waals surface area contributed by atoms with Crippen molar-refractivity contribution in [3.63, 3.8) is 0 Å². The van der Waals surface area contributed by atoms with E-state index in [1.165, 1.54) is 0 Å². The number of aryl methyl sites for hydroxylation is 1. The predicted molar refractivity (Wildman–Crippen MR) is 84.1 cm³/mol. The minimum atomic E-state index is 0.217. The summed E-state index contributed by atoms with van der Waals surface area (Å²) in [5.41, 5.74) is 0. The van der Waals surface area contributed by atoms with Crippen LogP contribution < -0.4 is 10.1 Å². The first-order valence-electron chi connectivity index (χ1n) is 7.81. The van der Waals surface area contributed by atoms with Gasteiger partial charge < -0.3 is 14.5 Å². The van der Waals surface area contributed by atoms with Crippen molar-refractivity contribution < 1.29 is 9.15 Å². The maximum Gasteiger partial charge on any atom is 0.290 e. The summed E-state index contributed by atoms with van der Waals surface area (Å²) < 4.78 is 13.4. The Balaban J connectivity index is 1.38. The Labute approximate surface area is 134 Å². The molecule has 3 aromatic rings. The van der Waals surface area contributed by atoms with Crippen molar-refractivity contribution in [2.75, 3.05) is 0 Å². The summed E-state index contributed by atoms with van der Waals surface area (Å²) in [7, 11) is 0. The summed E-state index contributed by atoms with van der Waals surface area (Å²) in [6.45, 7) is 1.58. The lowest BCUT2D eigenvalue weighted by atomic mass is 10.1. The fourth-order valence-corrected chi connectivity index (χ4v) is 2.82. The third-order valence-electron chi connectivity index (χ3n) is 3.94. The molecule has 1 aliphatic rings. The zero-order valence-corrected chi connectivity index (χ0v) is 12.7. The van der Waals surface area contributed by atoms with Crippen LogP contribution in [0, 0.1) is 0 Å². The van der Waals surface area contributed by atoms with Crippen LogP contribution >= 0.6 is 0 Å². The lowest BCUT2D eigenvalue weighted by Crippen LogP contribution is -2.28. The van der Waals surface area contributed by atoms with Gasteiger partial charge in [0.05, 0.1) is 12.6 Å².